The molecule has 0 spiro atoms. The van der Waals surface area contributed by atoms with E-state index in [2.05, 4.69) is 4.74 Å². The van der Waals surface area contributed by atoms with E-state index in [0.29, 0.717) is 0 Å². The summed E-state index contributed by atoms with van der Waals surface area (Å²) in [6.45, 7) is 1.19. The number of ether oxygens (including phenoxy) is 1. The molecule has 1 aromatic rings. The van der Waals surface area contributed by atoms with Gasteiger partial charge < -0.3 is 9.84 Å². The number of benzene rings is 1. The Bertz CT molecular complexity index is 386. The average Bonchev–Trinajstić information content (AvgIpc) is 2.01. The molecule has 0 heterocycles. The van der Waals surface area contributed by atoms with E-state index in [4.69, 9.17) is 16.7 Å². The predicted molar refractivity (Wildman–Crippen MR) is 49.6 cm³/mol. The van der Waals surface area contributed by atoms with E-state index in [-0.39, 0.29) is 17.1 Å². The summed E-state index contributed by atoms with van der Waals surface area (Å²) in [6, 6.07) is 3.71. The fourth-order valence-electron chi connectivity index (χ4n) is 0.913. The number of carbonyl (C=O) groups excluding carboxylic acids is 2. The molecule has 0 radical (unpaired) electrons. The van der Waals surface area contributed by atoms with Crippen LogP contribution in [0.15, 0.2) is 18.2 Å². The van der Waals surface area contributed by atoms with Gasteiger partial charge in [-0.05, 0) is 23.7 Å². The van der Waals surface area contributed by atoms with Crippen LogP contribution in [0.25, 0.3) is 0 Å². The average molecular weight is 215 g/mol. The quantitative estimate of drug-likeness (QED) is 0.462. The topological polar surface area (TPSA) is 63.6 Å². The van der Waals surface area contributed by atoms with Gasteiger partial charge in [0, 0.05) is 13.0 Å². The summed E-state index contributed by atoms with van der Waals surface area (Å²) < 4.78 is 4.68. The molecule has 0 atom stereocenters. The lowest BCUT2D eigenvalue weighted by molar-refractivity contribution is -0.131. The molecule has 74 valence electrons. The van der Waals surface area contributed by atoms with Crippen LogP contribution in [0.2, 0.25) is 0 Å². The highest BCUT2D eigenvalue weighted by molar-refractivity contribution is 6.68. The van der Waals surface area contributed by atoms with Gasteiger partial charge in [0.25, 0.3) is 5.24 Å². The second-order valence-corrected chi connectivity index (χ2v) is 2.89. The van der Waals surface area contributed by atoms with Crippen molar-refractivity contribution in [1.82, 2.24) is 0 Å². The second-order valence-electron chi connectivity index (χ2n) is 2.55. The molecule has 0 fully saturated rings. The van der Waals surface area contributed by atoms with E-state index >= 15 is 0 Å². The standard InChI is InChI=1S/C9H7ClO4/c1-5(11)14-8-4-6(12)2-3-7(8)9(10)13/h2-4,12H,1H3. The van der Waals surface area contributed by atoms with Crippen molar-refractivity contribution in [2.45, 2.75) is 6.92 Å². The summed E-state index contributed by atoms with van der Waals surface area (Å²) >= 11 is 5.23. The predicted octanol–water partition coefficient (Wildman–Crippen LogP) is 1.70. The molecule has 0 saturated carbocycles. The minimum Gasteiger partial charge on any atom is -0.508 e. The molecule has 0 aliphatic heterocycles. The van der Waals surface area contributed by atoms with E-state index in [0.717, 1.165) is 6.07 Å². The molecular formula is C9H7ClO4. The van der Waals surface area contributed by atoms with Gasteiger partial charge in [-0.3, -0.25) is 9.59 Å². The third-order valence-electron chi connectivity index (χ3n) is 1.43. The summed E-state index contributed by atoms with van der Waals surface area (Å²) in [7, 11) is 0. The van der Waals surface area contributed by atoms with Gasteiger partial charge in [0.15, 0.2) is 0 Å². The van der Waals surface area contributed by atoms with Crippen molar-refractivity contribution in [3.8, 4) is 11.5 Å². The number of phenols is 1. The fourth-order valence-corrected chi connectivity index (χ4v) is 1.07. The SMILES string of the molecule is CC(=O)Oc1cc(O)ccc1C(=O)Cl. The maximum absolute atomic E-state index is 10.9. The molecule has 0 unspecified atom stereocenters. The first-order valence-corrected chi connectivity index (χ1v) is 4.10. The van der Waals surface area contributed by atoms with Gasteiger partial charge in [-0.15, -0.1) is 0 Å². The van der Waals surface area contributed by atoms with Gasteiger partial charge in [0.1, 0.15) is 11.5 Å². The van der Waals surface area contributed by atoms with E-state index in [9.17, 15) is 9.59 Å². The van der Waals surface area contributed by atoms with Crippen molar-refractivity contribution in [1.29, 1.82) is 0 Å². The second kappa shape index (κ2) is 4.11. The first-order valence-electron chi connectivity index (χ1n) is 3.72. The van der Waals surface area contributed by atoms with Crippen LogP contribution in [0, 0.1) is 0 Å². The zero-order valence-corrected chi connectivity index (χ0v) is 8.04. The van der Waals surface area contributed by atoms with Crippen LogP contribution in [0.3, 0.4) is 0 Å². The van der Waals surface area contributed by atoms with Crippen LogP contribution in [-0.2, 0) is 4.79 Å². The number of halogens is 1. The molecule has 5 heteroatoms. The van der Waals surface area contributed by atoms with Crippen LogP contribution >= 0.6 is 11.6 Å². The summed E-state index contributed by atoms with van der Waals surface area (Å²) in [5.74, 6) is -0.741. The first-order chi connectivity index (χ1) is 6.50. The minimum atomic E-state index is -0.749. The highest BCUT2D eigenvalue weighted by Crippen LogP contribution is 2.25. The molecule has 1 aromatic carbocycles. The van der Waals surface area contributed by atoms with E-state index < -0.39 is 11.2 Å². The molecule has 0 saturated heterocycles. The molecule has 14 heavy (non-hydrogen) atoms. The van der Waals surface area contributed by atoms with Crippen LogP contribution in [0.1, 0.15) is 17.3 Å². The minimum absolute atomic E-state index is 0.0414. The van der Waals surface area contributed by atoms with Gasteiger partial charge in [0.2, 0.25) is 0 Å². The summed E-state index contributed by atoms with van der Waals surface area (Å²) in [5.41, 5.74) is 0.0414. The summed E-state index contributed by atoms with van der Waals surface area (Å²) in [6.07, 6.45) is 0. The summed E-state index contributed by atoms with van der Waals surface area (Å²) in [5, 5.41) is 8.34. The van der Waals surface area contributed by atoms with Gasteiger partial charge in [-0.25, -0.2) is 0 Å². The number of esters is 1. The maximum Gasteiger partial charge on any atom is 0.308 e. The van der Waals surface area contributed by atoms with E-state index in [1.807, 2.05) is 0 Å². The van der Waals surface area contributed by atoms with Crippen LogP contribution < -0.4 is 4.74 Å². The smallest absolute Gasteiger partial charge is 0.308 e. The van der Waals surface area contributed by atoms with Crippen molar-refractivity contribution < 1.29 is 19.4 Å². The lowest BCUT2D eigenvalue weighted by Gasteiger charge is -2.05. The lowest BCUT2D eigenvalue weighted by Crippen LogP contribution is -2.05. The van der Waals surface area contributed by atoms with Crippen molar-refractivity contribution in [3.05, 3.63) is 23.8 Å². The normalized spacial score (nSPS) is 9.57. The van der Waals surface area contributed by atoms with Crippen molar-refractivity contribution in [2.75, 3.05) is 0 Å². The largest absolute Gasteiger partial charge is 0.508 e. The Morgan fingerprint density at radius 1 is 1.43 bits per heavy atom. The number of hydrogen-bond acceptors (Lipinski definition) is 4. The molecule has 0 aliphatic rings. The number of hydrogen-bond donors (Lipinski definition) is 1. The van der Waals surface area contributed by atoms with Gasteiger partial charge >= 0.3 is 5.97 Å². The van der Waals surface area contributed by atoms with Gasteiger partial charge in [0.05, 0.1) is 5.56 Å². The Hall–Kier alpha value is -1.55. The molecule has 0 bridgehead atoms. The van der Waals surface area contributed by atoms with Crippen molar-refractivity contribution in [2.24, 2.45) is 0 Å². The van der Waals surface area contributed by atoms with Crippen molar-refractivity contribution in [3.63, 3.8) is 0 Å². The molecule has 1 rings (SSSR count). The zero-order valence-electron chi connectivity index (χ0n) is 7.28. The summed E-state index contributed by atoms with van der Waals surface area (Å²) in [4.78, 5) is 21.5. The molecule has 0 aliphatic carbocycles. The monoisotopic (exact) mass is 214 g/mol. The van der Waals surface area contributed by atoms with Crippen LogP contribution in [0.5, 0.6) is 11.5 Å². The fraction of sp³-hybridized carbons (Fsp3) is 0.111. The lowest BCUT2D eigenvalue weighted by atomic mass is 10.2. The molecular weight excluding hydrogens is 208 g/mol. The molecule has 1 N–H and O–H groups in total. The van der Waals surface area contributed by atoms with Gasteiger partial charge in [-0.1, -0.05) is 0 Å². The maximum atomic E-state index is 10.9. The number of phenolic OH excluding ortho intramolecular Hbond substituents is 1. The number of carbonyl (C=O) groups is 2. The van der Waals surface area contributed by atoms with E-state index in [1.54, 1.807) is 0 Å². The van der Waals surface area contributed by atoms with E-state index in [1.165, 1.54) is 19.1 Å². The molecule has 4 nitrogen and oxygen atoms in total. The molecule has 0 amide bonds. The van der Waals surface area contributed by atoms with Crippen LogP contribution in [-0.4, -0.2) is 16.3 Å². The number of rotatable bonds is 2. The Morgan fingerprint density at radius 2 is 2.07 bits per heavy atom. The third kappa shape index (κ3) is 2.47. The first kappa shape index (κ1) is 10.5. The molecule has 0 aromatic heterocycles. The van der Waals surface area contributed by atoms with Crippen molar-refractivity contribution >= 4 is 22.8 Å². The Morgan fingerprint density at radius 3 is 2.57 bits per heavy atom. The number of aromatic hydroxyl groups is 1. The van der Waals surface area contributed by atoms with Gasteiger partial charge in [-0.2, -0.15) is 0 Å². The highest BCUT2D eigenvalue weighted by Gasteiger charge is 2.12. The zero-order chi connectivity index (χ0) is 10.7. The Balaban J connectivity index is 3.15. The Labute approximate surface area is 85.1 Å². The highest BCUT2D eigenvalue weighted by atomic mass is 35.5. The van der Waals surface area contributed by atoms with Crippen LogP contribution in [0.4, 0.5) is 0 Å². The third-order valence-corrected chi connectivity index (χ3v) is 1.63. The Kier molecular flexibility index (Phi) is 3.09.